The van der Waals surface area contributed by atoms with Crippen LogP contribution in [-0.2, 0) is 4.74 Å². The van der Waals surface area contributed by atoms with Crippen LogP contribution < -0.4 is 10.2 Å². The number of phenolic OH excluding ortho intramolecular Hbond substituents is 2. The van der Waals surface area contributed by atoms with Crippen LogP contribution in [0.25, 0.3) is 22.3 Å². The molecule has 4 rings (SSSR count). The van der Waals surface area contributed by atoms with Crippen LogP contribution in [-0.4, -0.2) is 68.0 Å². The fourth-order valence-electron chi connectivity index (χ4n) is 3.41. The largest absolute Gasteiger partial charge is 0.504 e. The number of aromatic hydroxyl groups is 2. The maximum atomic E-state index is 13.2. The minimum atomic E-state index is -1.77. The number of aliphatic hydroxyl groups excluding tert-OH is 4. The van der Waals surface area contributed by atoms with Crippen LogP contribution in [0.4, 0.5) is 0 Å². The average molecular weight is 432 g/mol. The van der Waals surface area contributed by atoms with Crippen LogP contribution >= 0.6 is 0 Å². The molecule has 31 heavy (non-hydrogen) atoms. The topological polar surface area (TPSA) is 170 Å². The summed E-state index contributed by atoms with van der Waals surface area (Å²) in [5.41, 5.74) is -0.473. The summed E-state index contributed by atoms with van der Waals surface area (Å²) >= 11 is 0. The first-order chi connectivity index (χ1) is 14.8. The lowest BCUT2D eigenvalue weighted by molar-refractivity contribution is -0.277. The van der Waals surface area contributed by atoms with Gasteiger partial charge in [-0.05, 0) is 12.1 Å². The van der Waals surface area contributed by atoms with Crippen molar-refractivity contribution in [3.05, 3.63) is 52.7 Å². The van der Waals surface area contributed by atoms with Crippen molar-refractivity contribution >= 4 is 11.0 Å². The van der Waals surface area contributed by atoms with E-state index in [2.05, 4.69) is 0 Å². The summed E-state index contributed by atoms with van der Waals surface area (Å²) in [6, 6.07) is 10.8. The molecule has 164 valence electrons. The zero-order chi connectivity index (χ0) is 22.3. The standard InChI is InChI=1S/C21H20O10/c22-8-12-15(25)17(27)18(28)21(30-12)31-20-16(26)13-11(7-6-10(23)14(13)24)29-19(20)9-4-2-1-3-5-9/h1-7,12,15,17-18,21-25,27-28H,8H2/t12-,15+,17+,18-,21-/m1/s1. The second-order valence-corrected chi connectivity index (χ2v) is 7.08. The van der Waals surface area contributed by atoms with Gasteiger partial charge in [0, 0.05) is 5.56 Å². The molecular formula is C21H20O10. The minimum absolute atomic E-state index is 0.0275. The quantitative estimate of drug-likeness (QED) is 0.310. The molecule has 2 heterocycles. The number of hydrogen-bond donors (Lipinski definition) is 6. The molecule has 0 amide bonds. The van der Waals surface area contributed by atoms with Gasteiger partial charge in [0.15, 0.2) is 17.3 Å². The molecule has 5 atom stereocenters. The maximum Gasteiger partial charge on any atom is 0.239 e. The molecule has 1 fully saturated rings. The number of benzene rings is 2. The van der Waals surface area contributed by atoms with Crippen molar-refractivity contribution in [1.29, 1.82) is 0 Å². The zero-order valence-corrected chi connectivity index (χ0v) is 16.0. The molecule has 0 aliphatic carbocycles. The van der Waals surface area contributed by atoms with Crippen molar-refractivity contribution in [2.75, 3.05) is 6.61 Å². The highest BCUT2D eigenvalue weighted by molar-refractivity contribution is 5.89. The third-order valence-electron chi connectivity index (χ3n) is 5.09. The van der Waals surface area contributed by atoms with Crippen LogP contribution in [0.1, 0.15) is 0 Å². The summed E-state index contributed by atoms with van der Waals surface area (Å²) in [5.74, 6) is -1.79. The van der Waals surface area contributed by atoms with E-state index in [1.807, 2.05) is 0 Å². The smallest absolute Gasteiger partial charge is 0.239 e. The van der Waals surface area contributed by atoms with E-state index < -0.39 is 60.0 Å². The Labute approximate surface area is 174 Å². The zero-order valence-electron chi connectivity index (χ0n) is 16.0. The maximum absolute atomic E-state index is 13.2. The van der Waals surface area contributed by atoms with E-state index in [-0.39, 0.29) is 16.7 Å². The second kappa shape index (κ2) is 8.17. The molecule has 1 aliphatic rings. The summed E-state index contributed by atoms with van der Waals surface area (Å²) in [4.78, 5) is 13.2. The fourth-order valence-corrected chi connectivity index (χ4v) is 3.41. The van der Waals surface area contributed by atoms with Gasteiger partial charge in [-0.1, -0.05) is 30.3 Å². The highest BCUT2D eigenvalue weighted by atomic mass is 16.7. The molecule has 1 aromatic heterocycles. The molecule has 10 nitrogen and oxygen atoms in total. The lowest BCUT2D eigenvalue weighted by Crippen LogP contribution is -2.60. The van der Waals surface area contributed by atoms with E-state index in [0.29, 0.717) is 5.56 Å². The van der Waals surface area contributed by atoms with Gasteiger partial charge in [0.25, 0.3) is 0 Å². The van der Waals surface area contributed by atoms with Gasteiger partial charge in [-0.2, -0.15) is 0 Å². The van der Waals surface area contributed by atoms with Crippen molar-refractivity contribution in [3.8, 4) is 28.6 Å². The van der Waals surface area contributed by atoms with Crippen LogP contribution in [0.5, 0.6) is 17.2 Å². The van der Waals surface area contributed by atoms with E-state index in [4.69, 9.17) is 13.9 Å². The number of ether oxygens (including phenoxy) is 2. The molecule has 0 unspecified atom stereocenters. The summed E-state index contributed by atoms with van der Waals surface area (Å²) in [5, 5.41) is 59.2. The van der Waals surface area contributed by atoms with Crippen molar-refractivity contribution in [3.63, 3.8) is 0 Å². The molecule has 0 spiro atoms. The molecule has 3 aromatic rings. The summed E-state index contributed by atoms with van der Waals surface area (Å²) in [6.07, 6.45) is -8.01. The number of phenols is 2. The first-order valence-electron chi connectivity index (χ1n) is 9.37. The molecule has 1 saturated heterocycles. The first kappa shape index (κ1) is 21.1. The Morgan fingerprint density at radius 1 is 0.935 bits per heavy atom. The van der Waals surface area contributed by atoms with Gasteiger partial charge >= 0.3 is 0 Å². The van der Waals surface area contributed by atoms with Crippen LogP contribution in [0.15, 0.2) is 51.7 Å². The van der Waals surface area contributed by atoms with Gasteiger partial charge in [0.1, 0.15) is 35.4 Å². The Balaban J connectivity index is 1.88. The number of aliphatic hydroxyl groups is 4. The number of fused-ring (bicyclic) bond motifs is 1. The molecule has 0 radical (unpaired) electrons. The number of rotatable bonds is 4. The average Bonchev–Trinajstić information content (AvgIpc) is 2.78. The van der Waals surface area contributed by atoms with Gasteiger partial charge in [-0.25, -0.2) is 0 Å². The molecule has 1 aliphatic heterocycles. The summed E-state index contributed by atoms with van der Waals surface area (Å²) in [6.45, 7) is -0.683. The number of hydrogen-bond acceptors (Lipinski definition) is 10. The van der Waals surface area contributed by atoms with Crippen molar-refractivity contribution in [2.24, 2.45) is 0 Å². The van der Waals surface area contributed by atoms with Crippen LogP contribution in [0, 0.1) is 0 Å². The van der Waals surface area contributed by atoms with Crippen LogP contribution in [0.2, 0.25) is 0 Å². The molecular weight excluding hydrogens is 412 g/mol. The van der Waals surface area contributed by atoms with Gasteiger partial charge in [0.05, 0.1) is 6.61 Å². The molecule has 2 aromatic carbocycles. The van der Waals surface area contributed by atoms with E-state index in [1.54, 1.807) is 30.3 Å². The van der Waals surface area contributed by atoms with E-state index in [0.717, 1.165) is 6.07 Å². The highest BCUT2D eigenvalue weighted by Crippen LogP contribution is 2.38. The first-order valence-corrected chi connectivity index (χ1v) is 9.37. The Morgan fingerprint density at radius 3 is 2.32 bits per heavy atom. The third-order valence-corrected chi connectivity index (χ3v) is 5.09. The molecule has 10 heteroatoms. The van der Waals surface area contributed by atoms with Crippen LogP contribution in [0.3, 0.4) is 0 Å². The predicted molar refractivity (Wildman–Crippen MR) is 106 cm³/mol. The monoisotopic (exact) mass is 432 g/mol. The van der Waals surface area contributed by atoms with Gasteiger partial charge in [-0.3, -0.25) is 4.79 Å². The lowest BCUT2D eigenvalue weighted by Gasteiger charge is -2.39. The second-order valence-electron chi connectivity index (χ2n) is 7.08. The van der Waals surface area contributed by atoms with Crippen molar-refractivity contribution < 1.29 is 44.5 Å². The summed E-state index contributed by atoms with van der Waals surface area (Å²) < 4.78 is 16.7. The Bertz CT molecular complexity index is 1140. The Kier molecular flexibility index (Phi) is 5.56. The lowest BCUT2D eigenvalue weighted by atomic mass is 9.99. The van der Waals surface area contributed by atoms with E-state index >= 15 is 0 Å². The van der Waals surface area contributed by atoms with Gasteiger partial charge < -0.3 is 44.5 Å². The van der Waals surface area contributed by atoms with Gasteiger partial charge in [-0.15, -0.1) is 0 Å². The predicted octanol–water partition coefficient (Wildman–Crippen LogP) is 0.0499. The van der Waals surface area contributed by atoms with Crippen molar-refractivity contribution in [1.82, 2.24) is 0 Å². The highest BCUT2D eigenvalue weighted by Gasteiger charge is 2.45. The Hall–Kier alpha value is -3.15. The normalized spacial score (nSPS) is 26.1. The summed E-state index contributed by atoms with van der Waals surface area (Å²) in [7, 11) is 0. The molecule has 0 saturated carbocycles. The SMILES string of the molecule is O=c1c(O[C@H]2O[C@H](CO)[C@H](O)[C@H](O)[C@H]2O)c(-c2ccccc2)oc2ccc(O)c(O)c12. The molecule has 0 bridgehead atoms. The molecule has 6 N–H and O–H groups in total. The minimum Gasteiger partial charge on any atom is -0.504 e. The Morgan fingerprint density at radius 2 is 1.65 bits per heavy atom. The third kappa shape index (κ3) is 3.60. The van der Waals surface area contributed by atoms with E-state index in [9.17, 15) is 35.4 Å². The van der Waals surface area contributed by atoms with E-state index in [1.165, 1.54) is 6.07 Å². The fraction of sp³-hybridized carbons (Fsp3) is 0.286. The van der Waals surface area contributed by atoms with Crippen molar-refractivity contribution in [2.45, 2.75) is 30.7 Å². The van der Waals surface area contributed by atoms with Gasteiger partial charge in [0.2, 0.25) is 17.5 Å².